The molecule has 7 heteroatoms. The third kappa shape index (κ3) is 3.39. The summed E-state index contributed by atoms with van der Waals surface area (Å²) in [6.07, 6.45) is -2.53. The number of carboxylic acids is 1. The highest BCUT2D eigenvalue weighted by atomic mass is 19.4. The van der Waals surface area contributed by atoms with Crippen molar-refractivity contribution in [3.8, 4) is 0 Å². The number of aliphatic carboxylic acids is 1. The summed E-state index contributed by atoms with van der Waals surface area (Å²) in [5, 5.41) is 11.8. The first-order valence-electron chi connectivity index (χ1n) is 7.96. The van der Waals surface area contributed by atoms with Crippen LogP contribution >= 0.6 is 0 Å². The molecule has 0 radical (unpaired) electrons. The van der Waals surface area contributed by atoms with Gasteiger partial charge in [0.15, 0.2) is 0 Å². The fourth-order valence-electron chi connectivity index (χ4n) is 3.55. The van der Waals surface area contributed by atoms with Gasteiger partial charge in [-0.05, 0) is 43.2 Å². The Balaban J connectivity index is 1.62. The van der Waals surface area contributed by atoms with Crippen LogP contribution < -0.4 is 5.32 Å². The summed E-state index contributed by atoms with van der Waals surface area (Å²) in [5.74, 6) is -2.46. The quantitative estimate of drug-likeness (QED) is 0.884. The highest BCUT2D eigenvalue weighted by molar-refractivity contribution is 5.83. The molecule has 2 N–H and O–H groups in total. The van der Waals surface area contributed by atoms with Crippen molar-refractivity contribution >= 4 is 11.9 Å². The Bertz CT molecular complexity index is 659. The average molecular weight is 341 g/mol. The molecule has 3 rings (SSSR count). The normalized spacial score (nSPS) is 29.3. The SMILES string of the molecule is O=C(N[C@@H]1CC[C@H](C(=O)O)C1)C1CC1c1ccccc1C(F)(F)F. The molecule has 1 aromatic carbocycles. The summed E-state index contributed by atoms with van der Waals surface area (Å²) in [6, 6.07) is 5.16. The van der Waals surface area contributed by atoms with E-state index in [-0.39, 0.29) is 17.5 Å². The van der Waals surface area contributed by atoms with Crippen LogP contribution in [-0.2, 0) is 15.8 Å². The predicted molar refractivity (Wildman–Crippen MR) is 79.2 cm³/mol. The van der Waals surface area contributed by atoms with Gasteiger partial charge in [-0.1, -0.05) is 18.2 Å². The topological polar surface area (TPSA) is 66.4 Å². The molecule has 4 nitrogen and oxygen atoms in total. The summed E-state index contributed by atoms with van der Waals surface area (Å²) < 4.78 is 39.2. The number of alkyl halides is 3. The molecular formula is C17H18F3NO3. The lowest BCUT2D eigenvalue weighted by Gasteiger charge is -2.14. The van der Waals surface area contributed by atoms with E-state index < -0.39 is 35.5 Å². The van der Waals surface area contributed by atoms with Gasteiger partial charge in [-0.15, -0.1) is 0 Å². The van der Waals surface area contributed by atoms with E-state index in [1.807, 2.05) is 0 Å². The van der Waals surface area contributed by atoms with Crippen LogP contribution in [0.4, 0.5) is 13.2 Å². The number of carbonyl (C=O) groups excluding carboxylic acids is 1. The number of rotatable bonds is 4. The van der Waals surface area contributed by atoms with Gasteiger partial charge in [0.05, 0.1) is 11.5 Å². The van der Waals surface area contributed by atoms with E-state index in [1.54, 1.807) is 6.07 Å². The molecule has 0 saturated heterocycles. The number of nitrogens with one attached hydrogen (secondary N) is 1. The molecular weight excluding hydrogens is 323 g/mol. The van der Waals surface area contributed by atoms with Crippen LogP contribution in [0, 0.1) is 11.8 Å². The van der Waals surface area contributed by atoms with Crippen molar-refractivity contribution in [3.63, 3.8) is 0 Å². The van der Waals surface area contributed by atoms with E-state index in [2.05, 4.69) is 5.32 Å². The molecule has 0 spiro atoms. The van der Waals surface area contributed by atoms with Gasteiger partial charge in [-0.25, -0.2) is 0 Å². The van der Waals surface area contributed by atoms with Crippen molar-refractivity contribution in [1.82, 2.24) is 5.32 Å². The van der Waals surface area contributed by atoms with Gasteiger partial charge in [0.1, 0.15) is 0 Å². The molecule has 130 valence electrons. The fourth-order valence-corrected chi connectivity index (χ4v) is 3.55. The zero-order valence-corrected chi connectivity index (χ0v) is 12.8. The summed E-state index contributed by atoms with van der Waals surface area (Å²) >= 11 is 0. The molecule has 2 unspecified atom stereocenters. The second kappa shape index (κ2) is 6.11. The number of hydrogen-bond acceptors (Lipinski definition) is 2. The molecule has 2 fully saturated rings. The summed E-state index contributed by atoms with van der Waals surface area (Å²) in [7, 11) is 0. The van der Waals surface area contributed by atoms with Crippen molar-refractivity contribution in [2.45, 2.75) is 43.8 Å². The molecule has 0 bridgehead atoms. The van der Waals surface area contributed by atoms with Gasteiger partial charge in [-0.2, -0.15) is 13.2 Å². The van der Waals surface area contributed by atoms with Crippen molar-refractivity contribution in [2.75, 3.05) is 0 Å². The largest absolute Gasteiger partial charge is 0.481 e. The summed E-state index contributed by atoms with van der Waals surface area (Å²) in [5.41, 5.74) is -0.517. The predicted octanol–water partition coefficient (Wildman–Crippen LogP) is 3.18. The maximum Gasteiger partial charge on any atom is 0.416 e. The van der Waals surface area contributed by atoms with Crippen LogP contribution in [0.1, 0.15) is 42.7 Å². The first kappa shape index (κ1) is 16.8. The smallest absolute Gasteiger partial charge is 0.416 e. The number of amides is 1. The van der Waals surface area contributed by atoms with Crippen LogP contribution in [0.2, 0.25) is 0 Å². The number of hydrogen-bond donors (Lipinski definition) is 2. The number of carboxylic acid groups (broad SMARTS) is 1. The molecule has 2 aliphatic carbocycles. The minimum Gasteiger partial charge on any atom is -0.481 e. The lowest BCUT2D eigenvalue weighted by Crippen LogP contribution is -2.34. The van der Waals surface area contributed by atoms with E-state index in [1.165, 1.54) is 12.1 Å². The molecule has 2 aliphatic rings. The highest BCUT2D eigenvalue weighted by Gasteiger charge is 2.48. The molecule has 24 heavy (non-hydrogen) atoms. The lowest BCUT2D eigenvalue weighted by molar-refractivity contribution is -0.141. The van der Waals surface area contributed by atoms with Crippen molar-refractivity contribution in [2.24, 2.45) is 11.8 Å². The first-order chi connectivity index (χ1) is 11.3. The van der Waals surface area contributed by atoms with Crippen molar-refractivity contribution in [1.29, 1.82) is 0 Å². The monoisotopic (exact) mass is 341 g/mol. The number of benzene rings is 1. The van der Waals surface area contributed by atoms with Crippen LogP contribution in [0.3, 0.4) is 0 Å². The Hall–Kier alpha value is -2.05. The minimum absolute atomic E-state index is 0.167. The third-order valence-electron chi connectivity index (χ3n) is 4.92. The Labute approximate surface area is 137 Å². The van der Waals surface area contributed by atoms with Gasteiger partial charge >= 0.3 is 12.1 Å². The van der Waals surface area contributed by atoms with Crippen LogP contribution in [0.5, 0.6) is 0 Å². The Morgan fingerprint density at radius 1 is 1.12 bits per heavy atom. The van der Waals surface area contributed by atoms with E-state index in [9.17, 15) is 22.8 Å². The Morgan fingerprint density at radius 3 is 2.46 bits per heavy atom. The van der Waals surface area contributed by atoms with Gasteiger partial charge in [-0.3, -0.25) is 9.59 Å². The van der Waals surface area contributed by atoms with Crippen molar-refractivity contribution in [3.05, 3.63) is 35.4 Å². The van der Waals surface area contributed by atoms with Gasteiger partial charge in [0.2, 0.25) is 5.91 Å². The minimum atomic E-state index is -4.43. The van der Waals surface area contributed by atoms with Gasteiger partial charge < -0.3 is 10.4 Å². The van der Waals surface area contributed by atoms with Crippen molar-refractivity contribution < 1.29 is 27.9 Å². The summed E-state index contributed by atoms with van der Waals surface area (Å²) in [4.78, 5) is 23.2. The van der Waals surface area contributed by atoms with E-state index in [0.29, 0.717) is 25.7 Å². The molecule has 1 aromatic rings. The Morgan fingerprint density at radius 2 is 1.83 bits per heavy atom. The lowest BCUT2D eigenvalue weighted by atomic mass is 10.0. The highest BCUT2D eigenvalue weighted by Crippen LogP contribution is 2.51. The maximum atomic E-state index is 13.1. The average Bonchev–Trinajstić information content (AvgIpc) is 3.18. The fraction of sp³-hybridized carbons (Fsp3) is 0.529. The van der Waals surface area contributed by atoms with Crippen LogP contribution in [0.25, 0.3) is 0 Å². The van der Waals surface area contributed by atoms with E-state index in [4.69, 9.17) is 5.11 Å². The second-order valence-electron chi connectivity index (χ2n) is 6.59. The zero-order valence-electron chi connectivity index (χ0n) is 12.8. The first-order valence-corrected chi connectivity index (χ1v) is 7.96. The second-order valence-corrected chi connectivity index (χ2v) is 6.59. The Kier molecular flexibility index (Phi) is 4.27. The zero-order chi connectivity index (χ0) is 17.5. The summed E-state index contributed by atoms with van der Waals surface area (Å²) in [6.45, 7) is 0. The van der Waals surface area contributed by atoms with E-state index in [0.717, 1.165) is 6.07 Å². The maximum absolute atomic E-state index is 13.1. The van der Waals surface area contributed by atoms with Crippen LogP contribution in [0.15, 0.2) is 24.3 Å². The van der Waals surface area contributed by atoms with Gasteiger partial charge in [0, 0.05) is 12.0 Å². The molecule has 1 amide bonds. The molecule has 4 atom stereocenters. The van der Waals surface area contributed by atoms with E-state index >= 15 is 0 Å². The number of carbonyl (C=O) groups is 2. The third-order valence-corrected chi connectivity index (χ3v) is 4.92. The molecule has 0 aliphatic heterocycles. The van der Waals surface area contributed by atoms with Crippen LogP contribution in [-0.4, -0.2) is 23.0 Å². The molecule has 2 saturated carbocycles. The van der Waals surface area contributed by atoms with Gasteiger partial charge in [0.25, 0.3) is 0 Å². The molecule has 0 heterocycles. The standard InChI is InChI=1S/C17H18F3NO3/c18-17(19,20)14-4-2-1-3-11(14)12-8-13(12)15(22)21-10-6-5-9(7-10)16(23)24/h1-4,9-10,12-13H,5-8H2,(H,21,22)(H,23,24)/t9-,10+,12?,13?/m0/s1. The molecule has 0 aromatic heterocycles. The number of halogens is 3.